The van der Waals surface area contributed by atoms with E-state index in [2.05, 4.69) is 39.4 Å². The molecule has 0 radical (unpaired) electrons. The summed E-state index contributed by atoms with van der Waals surface area (Å²) in [5.41, 5.74) is 1.23. The van der Waals surface area contributed by atoms with Crippen molar-refractivity contribution in [3.63, 3.8) is 0 Å². The van der Waals surface area contributed by atoms with Crippen molar-refractivity contribution in [1.29, 1.82) is 0 Å². The largest absolute Gasteiger partial charge is 0.378 e. The number of ether oxygens (including phenoxy) is 2. The van der Waals surface area contributed by atoms with Crippen molar-refractivity contribution >= 4 is 5.91 Å². The fourth-order valence-corrected chi connectivity index (χ4v) is 4.11. The zero-order chi connectivity index (χ0) is 17.2. The smallest absolute Gasteiger partial charge is 0.240 e. The van der Waals surface area contributed by atoms with Crippen LogP contribution in [0.1, 0.15) is 18.1 Å². The van der Waals surface area contributed by atoms with Gasteiger partial charge in [-0.15, -0.1) is 0 Å². The minimum absolute atomic E-state index is 0.0903. The molecule has 1 amide bonds. The lowest BCUT2D eigenvalue weighted by Gasteiger charge is -2.35. The number of carbonyl (C=O) groups is 1. The van der Waals surface area contributed by atoms with E-state index < -0.39 is 0 Å². The maximum atomic E-state index is 12.6. The van der Waals surface area contributed by atoms with Gasteiger partial charge in [0.25, 0.3) is 0 Å². The predicted octanol–water partition coefficient (Wildman–Crippen LogP) is 0.648. The van der Waals surface area contributed by atoms with E-state index in [-0.39, 0.29) is 24.1 Å². The highest BCUT2D eigenvalue weighted by Gasteiger charge is 2.39. The number of hydrogen-bond donors (Lipinski definition) is 1. The average Bonchev–Trinajstić information content (AvgIpc) is 3.04. The number of amides is 1. The minimum Gasteiger partial charge on any atom is -0.378 e. The third-order valence-electron chi connectivity index (χ3n) is 5.63. The molecule has 0 bridgehead atoms. The predicted molar refractivity (Wildman–Crippen MR) is 94.3 cm³/mol. The Morgan fingerprint density at radius 3 is 2.84 bits per heavy atom. The summed E-state index contributed by atoms with van der Waals surface area (Å²) in [6.45, 7) is 4.54. The van der Waals surface area contributed by atoms with Crippen LogP contribution in [0.3, 0.4) is 0 Å². The molecule has 4 rings (SSSR count). The molecule has 1 N–H and O–H groups in total. The second-order valence-electron chi connectivity index (χ2n) is 7.35. The Bertz CT molecular complexity index is 597. The van der Waals surface area contributed by atoms with Gasteiger partial charge in [-0.3, -0.25) is 14.6 Å². The van der Waals surface area contributed by atoms with E-state index in [4.69, 9.17) is 9.47 Å². The first-order valence-corrected chi connectivity index (χ1v) is 9.19. The van der Waals surface area contributed by atoms with Gasteiger partial charge >= 0.3 is 0 Å². The van der Waals surface area contributed by atoms with Gasteiger partial charge in [0, 0.05) is 31.7 Å². The van der Waals surface area contributed by atoms with Crippen LogP contribution in [0.15, 0.2) is 30.3 Å². The van der Waals surface area contributed by atoms with E-state index in [1.807, 2.05) is 13.1 Å². The van der Waals surface area contributed by atoms with E-state index in [9.17, 15) is 4.79 Å². The first kappa shape index (κ1) is 17.0. The van der Waals surface area contributed by atoms with E-state index in [1.165, 1.54) is 5.56 Å². The highest BCUT2D eigenvalue weighted by molar-refractivity contribution is 5.82. The molecule has 3 fully saturated rings. The standard InChI is InChI=1S/C19H27N3O3/c1-21-7-8-24-13-17(21)19(23)20-15-9-16-12-25-18(11-22(16)10-15)14-5-3-2-4-6-14/h2-6,15-18H,7-13H2,1H3,(H,20,23)/t15-,16+,17+,18-/m1/s1. The number of morpholine rings is 2. The van der Waals surface area contributed by atoms with Crippen molar-refractivity contribution in [2.24, 2.45) is 0 Å². The third kappa shape index (κ3) is 3.72. The molecule has 136 valence electrons. The molecule has 0 aliphatic carbocycles. The van der Waals surface area contributed by atoms with E-state index in [0.717, 1.165) is 32.7 Å². The normalized spacial score (nSPS) is 33.8. The second kappa shape index (κ2) is 7.41. The molecule has 0 aromatic heterocycles. The Morgan fingerprint density at radius 2 is 2.04 bits per heavy atom. The first-order valence-electron chi connectivity index (χ1n) is 9.19. The molecular weight excluding hydrogens is 318 g/mol. The molecule has 6 heteroatoms. The summed E-state index contributed by atoms with van der Waals surface area (Å²) < 4.78 is 11.5. The van der Waals surface area contributed by atoms with Gasteiger partial charge in [0.2, 0.25) is 5.91 Å². The average molecular weight is 345 g/mol. The molecule has 1 aromatic carbocycles. The monoisotopic (exact) mass is 345 g/mol. The van der Waals surface area contributed by atoms with Crippen LogP contribution in [0, 0.1) is 0 Å². The van der Waals surface area contributed by atoms with Crippen LogP contribution in [0.4, 0.5) is 0 Å². The molecule has 3 aliphatic heterocycles. The molecule has 6 nitrogen and oxygen atoms in total. The van der Waals surface area contributed by atoms with Crippen molar-refractivity contribution in [2.45, 2.75) is 30.7 Å². The number of nitrogens with zero attached hydrogens (tertiary/aromatic N) is 2. The zero-order valence-corrected chi connectivity index (χ0v) is 14.8. The van der Waals surface area contributed by atoms with E-state index in [1.54, 1.807) is 0 Å². The Balaban J connectivity index is 1.33. The van der Waals surface area contributed by atoms with E-state index in [0.29, 0.717) is 19.3 Å². The topological polar surface area (TPSA) is 54.0 Å². The summed E-state index contributed by atoms with van der Waals surface area (Å²) in [5.74, 6) is 0.0903. The summed E-state index contributed by atoms with van der Waals surface area (Å²) in [6, 6.07) is 10.8. The summed E-state index contributed by atoms with van der Waals surface area (Å²) >= 11 is 0. The summed E-state index contributed by atoms with van der Waals surface area (Å²) in [4.78, 5) is 17.1. The van der Waals surface area contributed by atoms with Crippen molar-refractivity contribution in [2.75, 3.05) is 46.5 Å². The molecule has 25 heavy (non-hydrogen) atoms. The van der Waals surface area contributed by atoms with Crippen LogP contribution < -0.4 is 5.32 Å². The van der Waals surface area contributed by atoms with Crippen LogP contribution >= 0.6 is 0 Å². The maximum absolute atomic E-state index is 12.6. The quantitative estimate of drug-likeness (QED) is 0.872. The number of carbonyl (C=O) groups excluding carboxylic acids is 1. The van der Waals surface area contributed by atoms with Crippen LogP contribution in [-0.4, -0.2) is 80.3 Å². The third-order valence-corrected chi connectivity index (χ3v) is 5.63. The summed E-state index contributed by atoms with van der Waals surface area (Å²) in [5, 5.41) is 3.23. The maximum Gasteiger partial charge on any atom is 0.240 e. The Kier molecular flexibility index (Phi) is 5.03. The number of rotatable bonds is 3. The minimum atomic E-state index is -0.167. The van der Waals surface area contributed by atoms with Crippen LogP contribution in [0.2, 0.25) is 0 Å². The Labute approximate surface area is 149 Å². The van der Waals surface area contributed by atoms with Crippen LogP contribution in [0.25, 0.3) is 0 Å². The van der Waals surface area contributed by atoms with Crippen molar-refractivity contribution in [1.82, 2.24) is 15.1 Å². The lowest BCUT2D eigenvalue weighted by Crippen LogP contribution is -2.54. The number of benzene rings is 1. The number of nitrogens with one attached hydrogen (secondary N) is 1. The fourth-order valence-electron chi connectivity index (χ4n) is 4.11. The van der Waals surface area contributed by atoms with Gasteiger partial charge in [0.05, 0.1) is 25.9 Å². The molecule has 1 aromatic rings. The lowest BCUT2D eigenvalue weighted by atomic mass is 10.1. The molecule has 0 saturated carbocycles. The number of hydrogen-bond acceptors (Lipinski definition) is 5. The van der Waals surface area contributed by atoms with Crippen LogP contribution in [0.5, 0.6) is 0 Å². The Morgan fingerprint density at radius 1 is 1.20 bits per heavy atom. The van der Waals surface area contributed by atoms with Gasteiger partial charge in [-0.1, -0.05) is 30.3 Å². The molecular formula is C19H27N3O3. The molecule has 0 unspecified atom stereocenters. The highest BCUT2D eigenvalue weighted by Crippen LogP contribution is 2.30. The van der Waals surface area contributed by atoms with Gasteiger partial charge < -0.3 is 14.8 Å². The zero-order valence-electron chi connectivity index (χ0n) is 14.8. The summed E-state index contributed by atoms with van der Waals surface area (Å²) in [7, 11) is 1.99. The highest BCUT2D eigenvalue weighted by atomic mass is 16.5. The Hall–Kier alpha value is -1.47. The fraction of sp³-hybridized carbons (Fsp3) is 0.632. The number of likely N-dealkylation sites (N-methyl/N-ethyl adjacent to an activating group) is 1. The van der Waals surface area contributed by atoms with Gasteiger partial charge in [-0.2, -0.15) is 0 Å². The first-order chi connectivity index (χ1) is 12.2. The van der Waals surface area contributed by atoms with E-state index >= 15 is 0 Å². The van der Waals surface area contributed by atoms with Crippen molar-refractivity contribution < 1.29 is 14.3 Å². The van der Waals surface area contributed by atoms with Crippen molar-refractivity contribution in [3.05, 3.63) is 35.9 Å². The molecule has 3 saturated heterocycles. The van der Waals surface area contributed by atoms with Gasteiger partial charge in [0.1, 0.15) is 6.04 Å². The SMILES string of the molecule is CN1CCOC[C@H]1C(=O)N[C@@H]1C[C@H]2CO[C@@H](c3ccccc3)CN2C1. The summed E-state index contributed by atoms with van der Waals surface area (Å²) in [6.07, 6.45) is 1.09. The molecule has 3 aliphatic rings. The van der Waals surface area contributed by atoms with Gasteiger partial charge in [-0.25, -0.2) is 0 Å². The molecule has 0 spiro atoms. The lowest BCUT2D eigenvalue weighted by molar-refractivity contribution is -0.132. The molecule has 3 heterocycles. The van der Waals surface area contributed by atoms with Crippen LogP contribution in [-0.2, 0) is 14.3 Å². The molecule has 4 atom stereocenters. The van der Waals surface area contributed by atoms with Gasteiger partial charge in [-0.05, 0) is 19.0 Å². The van der Waals surface area contributed by atoms with Crippen molar-refractivity contribution in [3.8, 4) is 0 Å². The number of fused-ring (bicyclic) bond motifs is 1. The second-order valence-corrected chi connectivity index (χ2v) is 7.35. The van der Waals surface area contributed by atoms with Gasteiger partial charge in [0.15, 0.2) is 0 Å².